The molecule has 3 nitrogen and oxygen atoms in total. The van der Waals surface area contributed by atoms with Crippen LogP contribution >= 0.6 is 0 Å². The van der Waals surface area contributed by atoms with Gasteiger partial charge in [-0.3, -0.25) is 14.4 Å². The van der Waals surface area contributed by atoms with Gasteiger partial charge in [-0.1, -0.05) is 20.8 Å². The first-order valence-electron chi connectivity index (χ1n) is 11.8. The Morgan fingerprint density at radius 1 is 0.607 bits per heavy atom. The second-order valence-electron chi connectivity index (χ2n) is 10.7. The molecule has 0 unspecified atom stereocenters. The van der Waals surface area contributed by atoms with Gasteiger partial charge in [-0.2, -0.15) is 0 Å². The molecule has 158 valence electrons. The fourth-order valence-corrected chi connectivity index (χ4v) is 7.64. The molecule has 0 heterocycles. The summed E-state index contributed by atoms with van der Waals surface area (Å²) in [4.78, 5) is 36.2. The predicted molar refractivity (Wildman–Crippen MR) is 112 cm³/mol. The van der Waals surface area contributed by atoms with Gasteiger partial charge in [0.25, 0.3) is 0 Å². The molecule has 0 atom stereocenters. The van der Waals surface area contributed by atoms with E-state index in [1.807, 2.05) is 20.8 Å². The van der Waals surface area contributed by atoms with Crippen molar-refractivity contribution in [2.75, 3.05) is 0 Å². The summed E-state index contributed by atoms with van der Waals surface area (Å²) >= 11 is 0. The van der Waals surface area contributed by atoms with E-state index in [2.05, 4.69) is 0 Å². The molecule has 4 aliphatic carbocycles. The molecule has 28 heavy (non-hydrogen) atoms. The number of rotatable bonds is 12. The summed E-state index contributed by atoms with van der Waals surface area (Å²) in [6.45, 7) is 5.91. The largest absolute Gasteiger partial charge is 0.300 e. The zero-order valence-electron chi connectivity index (χ0n) is 18.4. The molecule has 0 spiro atoms. The normalized spacial score (nSPS) is 35.9. The van der Waals surface area contributed by atoms with Crippen molar-refractivity contribution in [3.8, 4) is 0 Å². The van der Waals surface area contributed by atoms with Crippen molar-refractivity contribution in [1.82, 2.24) is 0 Å². The average Bonchev–Trinajstić information content (AvgIpc) is 2.67. The third-order valence-electron chi connectivity index (χ3n) is 8.40. The van der Waals surface area contributed by atoms with Gasteiger partial charge in [0.15, 0.2) is 0 Å². The fraction of sp³-hybridized carbons (Fsp3) is 0.880. The number of carbonyl (C=O) groups is 3. The third-order valence-corrected chi connectivity index (χ3v) is 8.40. The Labute approximate surface area is 171 Å². The highest BCUT2D eigenvalue weighted by atomic mass is 16.1. The summed E-state index contributed by atoms with van der Waals surface area (Å²) in [5.74, 6) is 1.91. The van der Waals surface area contributed by atoms with Crippen LogP contribution in [0.4, 0.5) is 0 Å². The molecule has 4 rings (SSSR count). The van der Waals surface area contributed by atoms with E-state index in [4.69, 9.17) is 0 Å². The lowest BCUT2D eigenvalue weighted by atomic mass is 9.37. The van der Waals surface area contributed by atoms with Crippen molar-refractivity contribution in [3.05, 3.63) is 0 Å². The molecular weight excluding hydrogens is 348 g/mol. The Hall–Kier alpha value is -0.990. The van der Waals surface area contributed by atoms with Gasteiger partial charge < -0.3 is 0 Å². The molecule has 4 fully saturated rings. The summed E-state index contributed by atoms with van der Waals surface area (Å²) in [5.41, 5.74) is 0.859. The molecule has 0 aromatic carbocycles. The van der Waals surface area contributed by atoms with Gasteiger partial charge >= 0.3 is 0 Å². The Morgan fingerprint density at radius 3 is 1.14 bits per heavy atom. The first kappa shape index (κ1) is 21.7. The molecule has 4 aliphatic rings. The van der Waals surface area contributed by atoms with Crippen LogP contribution in [-0.4, -0.2) is 17.3 Å². The predicted octanol–water partition coefficient (Wildman–Crippen LogP) is 6.22. The molecule has 0 aromatic rings. The summed E-state index contributed by atoms with van der Waals surface area (Å²) in [7, 11) is 0. The number of ketones is 3. The quantitative estimate of drug-likeness (QED) is 0.399. The lowest BCUT2D eigenvalue weighted by molar-refractivity contribution is -0.171. The van der Waals surface area contributed by atoms with Gasteiger partial charge in [-0.25, -0.2) is 0 Å². The Bertz CT molecular complexity index is 526. The third kappa shape index (κ3) is 4.60. The monoisotopic (exact) mass is 388 g/mol. The topological polar surface area (TPSA) is 51.2 Å². The van der Waals surface area contributed by atoms with E-state index in [0.29, 0.717) is 36.6 Å². The fourth-order valence-electron chi connectivity index (χ4n) is 7.64. The molecule has 4 bridgehead atoms. The number of Topliss-reactive ketones (excluding diaryl/α,β-unsaturated/α-hetero) is 3. The lowest BCUT2D eigenvalue weighted by Crippen LogP contribution is -2.57. The number of hydrogen-bond donors (Lipinski definition) is 0. The highest BCUT2D eigenvalue weighted by Crippen LogP contribution is 2.73. The molecule has 0 saturated heterocycles. The van der Waals surface area contributed by atoms with Gasteiger partial charge in [0, 0.05) is 38.5 Å². The highest BCUT2D eigenvalue weighted by Gasteiger charge is 2.62. The first-order chi connectivity index (χ1) is 13.3. The van der Waals surface area contributed by atoms with Crippen LogP contribution in [0.15, 0.2) is 0 Å². The van der Waals surface area contributed by atoms with Gasteiger partial charge in [-0.05, 0) is 80.0 Å². The summed E-state index contributed by atoms with van der Waals surface area (Å²) in [5, 5.41) is 0. The van der Waals surface area contributed by atoms with Crippen molar-refractivity contribution < 1.29 is 14.4 Å². The van der Waals surface area contributed by atoms with Crippen LogP contribution in [0.5, 0.6) is 0 Å². The minimum Gasteiger partial charge on any atom is -0.300 e. The second kappa shape index (κ2) is 8.40. The summed E-state index contributed by atoms with van der Waals surface area (Å²) in [6, 6.07) is 0. The van der Waals surface area contributed by atoms with E-state index in [-0.39, 0.29) is 16.2 Å². The van der Waals surface area contributed by atoms with E-state index in [1.54, 1.807) is 0 Å². The van der Waals surface area contributed by atoms with Crippen LogP contribution in [0.3, 0.4) is 0 Å². The second-order valence-corrected chi connectivity index (χ2v) is 10.7. The summed E-state index contributed by atoms with van der Waals surface area (Å²) < 4.78 is 0. The molecule has 0 aromatic heterocycles. The minimum absolute atomic E-state index is 0.286. The zero-order chi connectivity index (χ0) is 20.4. The molecule has 0 amide bonds. The van der Waals surface area contributed by atoms with Crippen molar-refractivity contribution in [1.29, 1.82) is 0 Å². The van der Waals surface area contributed by atoms with E-state index in [9.17, 15) is 14.4 Å². The van der Waals surface area contributed by atoms with Crippen molar-refractivity contribution in [3.63, 3.8) is 0 Å². The zero-order valence-corrected chi connectivity index (χ0v) is 18.4. The smallest absolute Gasteiger partial charge is 0.132 e. The van der Waals surface area contributed by atoms with Gasteiger partial charge in [-0.15, -0.1) is 0 Å². The maximum Gasteiger partial charge on any atom is 0.132 e. The molecular formula is C25H40O3. The van der Waals surface area contributed by atoms with Gasteiger partial charge in [0.1, 0.15) is 17.3 Å². The first-order valence-corrected chi connectivity index (χ1v) is 11.8. The van der Waals surface area contributed by atoms with Crippen LogP contribution in [0.25, 0.3) is 0 Å². The van der Waals surface area contributed by atoms with Crippen LogP contribution in [0, 0.1) is 22.2 Å². The van der Waals surface area contributed by atoms with E-state index >= 15 is 0 Å². The molecule has 0 N–H and O–H groups in total. The van der Waals surface area contributed by atoms with Crippen LogP contribution in [0.2, 0.25) is 0 Å². The molecule has 0 aliphatic heterocycles. The maximum atomic E-state index is 12.1. The standard InChI is InChI=1S/C25H40O3/c1-4-20(26)7-10-23-13-19-14-24(16-23,11-8-21(27)5-2)18-25(15-19,17-23)12-9-22(28)6-3/h19H,4-18H2,1-3H3. The van der Waals surface area contributed by atoms with Gasteiger partial charge in [0.05, 0.1) is 0 Å². The van der Waals surface area contributed by atoms with E-state index in [1.165, 1.54) is 38.5 Å². The minimum atomic E-state index is 0.286. The SMILES string of the molecule is CCC(=O)CCC12CC3CC(CCC(=O)CC)(C1)CC(CCC(=O)CC)(C3)C2. The van der Waals surface area contributed by atoms with Crippen LogP contribution in [0.1, 0.15) is 117 Å². The maximum absolute atomic E-state index is 12.1. The Kier molecular flexibility index (Phi) is 6.51. The van der Waals surface area contributed by atoms with E-state index in [0.717, 1.165) is 44.4 Å². The summed E-state index contributed by atoms with van der Waals surface area (Å²) in [6.07, 6.45) is 14.7. The molecule has 0 radical (unpaired) electrons. The van der Waals surface area contributed by atoms with E-state index < -0.39 is 0 Å². The van der Waals surface area contributed by atoms with Crippen LogP contribution < -0.4 is 0 Å². The Balaban J connectivity index is 1.81. The van der Waals surface area contributed by atoms with Crippen LogP contribution in [-0.2, 0) is 14.4 Å². The van der Waals surface area contributed by atoms with Crippen molar-refractivity contribution in [2.24, 2.45) is 22.2 Å². The van der Waals surface area contributed by atoms with Gasteiger partial charge in [0.2, 0.25) is 0 Å². The van der Waals surface area contributed by atoms with Crippen molar-refractivity contribution in [2.45, 2.75) is 117 Å². The van der Waals surface area contributed by atoms with Crippen molar-refractivity contribution >= 4 is 17.3 Å². The lowest BCUT2D eigenvalue weighted by Gasteiger charge is -2.67. The Morgan fingerprint density at radius 2 is 0.893 bits per heavy atom. The number of hydrogen-bond acceptors (Lipinski definition) is 3. The number of carbonyl (C=O) groups excluding carboxylic acids is 3. The highest BCUT2D eigenvalue weighted by molar-refractivity contribution is 5.78. The average molecular weight is 389 g/mol. The molecule has 4 saturated carbocycles. The molecule has 3 heteroatoms.